The molecule has 1 rings (SSSR count). The van der Waals surface area contributed by atoms with E-state index in [1.54, 1.807) is 13.8 Å². The van der Waals surface area contributed by atoms with E-state index < -0.39 is 17.5 Å². The van der Waals surface area contributed by atoms with Crippen molar-refractivity contribution in [2.45, 2.75) is 19.4 Å². The largest absolute Gasteiger partial charge is 0.464 e. The number of hydrogen-bond acceptors (Lipinski definition) is 6. The number of aromatic nitrogens is 1. The van der Waals surface area contributed by atoms with E-state index in [0.29, 0.717) is 0 Å². The van der Waals surface area contributed by atoms with Gasteiger partial charge in [-0.15, -0.1) is 11.3 Å². The molecule has 0 aliphatic heterocycles. The van der Waals surface area contributed by atoms with Crippen LogP contribution in [-0.4, -0.2) is 41.2 Å². The van der Waals surface area contributed by atoms with Gasteiger partial charge in [-0.05, 0) is 13.8 Å². The SMILES string of the molecule is COC(=O)c1csc(C(=O)NCC(C)(C)O)n1. The predicted octanol–water partition coefficient (Wildman–Crippen LogP) is 0.430. The molecular formula is C10H14N2O4S. The van der Waals surface area contributed by atoms with Gasteiger partial charge in [-0.25, -0.2) is 9.78 Å². The molecule has 94 valence electrons. The van der Waals surface area contributed by atoms with Gasteiger partial charge >= 0.3 is 5.97 Å². The second kappa shape index (κ2) is 5.24. The van der Waals surface area contributed by atoms with E-state index in [2.05, 4.69) is 15.0 Å². The number of carbonyl (C=O) groups is 2. The summed E-state index contributed by atoms with van der Waals surface area (Å²) in [5.74, 6) is -1.00. The predicted molar refractivity (Wildman–Crippen MR) is 62.1 cm³/mol. The Hall–Kier alpha value is -1.47. The van der Waals surface area contributed by atoms with Crippen LogP contribution in [0.4, 0.5) is 0 Å². The maximum absolute atomic E-state index is 11.6. The van der Waals surface area contributed by atoms with Crippen molar-refractivity contribution in [3.05, 3.63) is 16.1 Å². The Morgan fingerprint density at radius 2 is 2.24 bits per heavy atom. The van der Waals surface area contributed by atoms with E-state index in [1.165, 1.54) is 12.5 Å². The molecule has 0 radical (unpaired) electrons. The zero-order valence-electron chi connectivity index (χ0n) is 9.81. The molecule has 0 saturated heterocycles. The summed E-state index contributed by atoms with van der Waals surface area (Å²) in [5, 5.41) is 13.6. The molecule has 17 heavy (non-hydrogen) atoms. The number of nitrogens with zero attached hydrogens (tertiary/aromatic N) is 1. The maximum Gasteiger partial charge on any atom is 0.357 e. The number of methoxy groups -OCH3 is 1. The zero-order valence-corrected chi connectivity index (χ0v) is 10.6. The van der Waals surface area contributed by atoms with Gasteiger partial charge < -0.3 is 15.2 Å². The monoisotopic (exact) mass is 258 g/mol. The number of nitrogens with one attached hydrogen (secondary N) is 1. The third-order valence-corrected chi connectivity index (χ3v) is 2.62. The van der Waals surface area contributed by atoms with Crippen LogP contribution in [0, 0.1) is 0 Å². The van der Waals surface area contributed by atoms with Gasteiger partial charge in [-0.1, -0.05) is 0 Å². The molecule has 0 saturated carbocycles. The Labute approximate surface area is 103 Å². The fourth-order valence-corrected chi connectivity index (χ4v) is 1.65. The van der Waals surface area contributed by atoms with Crippen LogP contribution in [-0.2, 0) is 4.74 Å². The summed E-state index contributed by atoms with van der Waals surface area (Å²) in [4.78, 5) is 26.5. The molecule has 0 bridgehead atoms. The Balaban J connectivity index is 2.64. The van der Waals surface area contributed by atoms with Gasteiger partial charge in [0, 0.05) is 11.9 Å². The van der Waals surface area contributed by atoms with Gasteiger partial charge in [-0.2, -0.15) is 0 Å². The lowest BCUT2D eigenvalue weighted by atomic mass is 10.1. The number of ether oxygens (including phenoxy) is 1. The van der Waals surface area contributed by atoms with Gasteiger partial charge in [0.25, 0.3) is 5.91 Å². The van der Waals surface area contributed by atoms with Crippen LogP contribution in [0.5, 0.6) is 0 Å². The molecule has 1 amide bonds. The van der Waals surface area contributed by atoms with Gasteiger partial charge in [0.2, 0.25) is 0 Å². The van der Waals surface area contributed by atoms with E-state index in [1.807, 2.05) is 0 Å². The fourth-order valence-electron chi connectivity index (χ4n) is 0.949. The Bertz CT molecular complexity index is 422. The van der Waals surface area contributed by atoms with Crippen LogP contribution in [0.15, 0.2) is 5.38 Å². The van der Waals surface area contributed by atoms with Crippen LogP contribution >= 0.6 is 11.3 Å². The number of amides is 1. The molecule has 1 aromatic rings. The highest BCUT2D eigenvalue weighted by Crippen LogP contribution is 2.10. The Kier molecular flexibility index (Phi) is 4.19. The molecule has 0 unspecified atom stereocenters. The summed E-state index contributed by atoms with van der Waals surface area (Å²) in [5.41, 5.74) is -0.885. The molecule has 0 spiro atoms. The highest BCUT2D eigenvalue weighted by Gasteiger charge is 2.18. The van der Waals surface area contributed by atoms with Gasteiger partial charge in [0.1, 0.15) is 0 Å². The van der Waals surface area contributed by atoms with Gasteiger partial charge in [0.15, 0.2) is 10.7 Å². The third-order valence-electron chi connectivity index (χ3n) is 1.77. The highest BCUT2D eigenvalue weighted by atomic mass is 32.1. The molecule has 0 fully saturated rings. The topological polar surface area (TPSA) is 88.5 Å². The quantitative estimate of drug-likeness (QED) is 0.765. The number of thiazole rings is 1. The minimum Gasteiger partial charge on any atom is -0.464 e. The summed E-state index contributed by atoms with van der Waals surface area (Å²) >= 11 is 1.05. The number of hydrogen-bond donors (Lipinski definition) is 2. The van der Waals surface area contributed by atoms with Crippen molar-refractivity contribution in [3.8, 4) is 0 Å². The number of aliphatic hydroxyl groups is 1. The molecule has 0 aromatic carbocycles. The number of rotatable bonds is 4. The number of carbonyl (C=O) groups excluding carboxylic acids is 2. The average Bonchev–Trinajstić information content (AvgIpc) is 2.73. The third kappa shape index (κ3) is 4.12. The van der Waals surface area contributed by atoms with Crippen LogP contribution in [0.3, 0.4) is 0 Å². The van der Waals surface area contributed by atoms with Crippen molar-refractivity contribution < 1.29 is 19.4 Å². The van der Waals surface area contributed by atoms with E-state index >= 15 is 0 Å². The zero-order chi connectivity index (χ0) is 13.1. The molecule has 1 heterocycles. The lowest BCUT2D eigenvalue weighted by Crippen LogP contribution is -2.38. The maximum atomic E-state index is 11.6. The smallest absolute Gasteiger partial charge is 0.357 e. The minimum absolute atomic E-state index is 0.103. The standard InChI is InChI=1S/C10H14N2O4S/c1-10(2,15)5-11-7(13)8-12-6(4-17-8)9(14)16-3/h4,15H,5H2,1-3H3,(H,11,13). The molecule has 0 aliphatic carbocycles. The highest BCUT2D eigenvalue weighted by molar-refractivity contribution is 7.11. The first-order chi connectivity index (χ1) is 7.83. The summed E-state index contributed by atoms with van der Waals surface area (Å²) < 4.78 is 4.48. The summed E-state index contributed by atoms with van der Waals surface area (Å²) in [6.07, 6.45) is 0. The second-order valence-corrected chi connectivity index (χ2v) is 4.88. The lowest BCUT2D eigenvalue weighted by Gasteiger charge is -2.16. The second-order valence-electron chi connectivity index (χ2n) is 4.02. The summed E-state index contributed by atoms with van der Waals surface area (Å²) in [7, 11) is 1.25. The Morgan fingerprint density at radius 1 is 1.59 bits per heavy atom. The summed E-state index contributed by atoms with van der Waals surface area (Å²) in [6.45, 7) is 3.27. The Morgan fingerprint density at radius 3 is 2.76 bits per heavy atom. The van der Waals surface area contributed by atoms with Crippen molar-refractivity contribution >= 4 is 23.2 Å². The fraction of sp³-hybridized carbons (Fsp3) is 0.500. The van der Waals surface area contributed by atoms with Crippen molar-refractivity contribution in [2.24, 2.45) is 0 Å². The van der Waals surface area contributed by atoms with Crippen molar-refractivity contribution in [3.63, 3.8) is 0 Å². The van der Waals surface area contributed by atoms with Crippen LogP contribution < -0.4 is 5.32 Å². The van der Waals surface area contributed by atoms with Crippen molar-refractivity contribution in [1.82, 2.24) is 10.3 Å². The molecule has 7 heteroatoms. The minimum atomic E-state index is -0.988. The van der Waals surface area contributed by atoms with Crippen LogP contribution in [0.2, 0.25) is 0 Å². The van der Waals surface area contributed by atoms with Gasteiger partial charge in [0.05, 0.1) is 12.7 Å². The first kappa shape index (κ1) is 13.6. The van der Waals surface area contributed by atoms with Gasteiger partial charge in [-0.3, -0.25) is 4.79 Å². The molecule has 0 aliphatic rings. The summed E-state index contributed by atoms with van der Waals surface area (Å²) in [6, 6.07) is 0. The molecule has 6 nitrogen and oxygen atoms in total. The molecule has 2 N–H and O–H groups in total. The molecular weight excluding hydrogens is 244 g/mol. The van der Waals surface area contributed by atoms with E-state index in [0.717, 1.165) is 11.3 Å². The first-order valence-electron chi connectivity index (χ1n) is 4.88. The van der Waals surface area contributed by atoms with E-state index in [4.69, 9.17) is 0 Å². The van der Waals surface area contributed by atoms with Crippen molar-refractivity contribution in [1.29, 1.82) is 0 Å². The molecule has 1 aromatic heterocycles. The van der Waals surface area contributed by atoms with Crippen LogP contribution in [0.1, 0.15) is 34.1 Å². The van der Waals surface area contributed by atoms with Crippen molar-refractivity contribution in [2.75, 3.05) is 13.7 Å². The lowest BCUT2D eigenvalue weighted by molar-refractivity contribution is 0.0594. The van der Waals surface area contributed by atoms with E-state index in [-0.39, 0.29) is 17.2 Å². The van der Waals surface area contributed by atoms with Crippen LogP contribution in [0.25, 0.3) is 0 Å². The average molecular weight is 258 g/mol. The van der Waals surface area contributed by atoms with E-state index in [9.17, 15) is 14.7 Å². The number of esters is 1. The molecule has 0 atom stereocenters. The first-order valence-corrected chi connectivity index (χ1v) is 5.76. The normalized spacial score (nSPS) is 11.1.